The van der Waals surface area contributed by atoms with Gasteiger partial charge in [-0.05, 0) is 64.2 Å². The summed E-state index contributed by atoms with van der Waals surface area (Å²) >= 11 is 0. The molecule has 108 valence electrons. The average Bonchev–Trinajstić information content (AvgIpc) is 2.51. The predicted octanol–water partition coefficient (Wildman–Crippen LogP) is 1.70. The molecule has 5 heteroatoms. The Labute approximate surface area is 120 Å². The van der Waals surface area contributed by atoms with Crippen LogP contribution in [-0.2, 0) is 9.31 Å². The molecular weight excluding hydrogens is 253 g/mol. The molecule has 0 saturated carbocycles. The van der Waals surface area contributed by atoms with E-state index in [0.29, 0.717) is 5.56 Å². The van der Waals surface area contributed by atoms with Crippen molar-refractivity contribution in [2.75, 3.05) is 0 Å². The van der Waals surface area contributed by atoms with Crippen molar-refractivity contribution in [1.29, 1.82) is 0 Å². The third kappa shape index (κ3) is 2.36. The van der Waals surface area contributed by atoms with Crippen molar-refractivity contribution in [1.82, 2.24) is 0 Å². The van der Waals surface area contributed by atoms with Gasteiger partial charge in [0.05, 0.1) is 11.2 Å². The Hall–Kier alpha value is -1.33. The Morgan fingerprint density at radius 1 is 1.10 bits per heavy atom. The number of carbonyl (C=O) groups is 1. The van der Waals surface area contributed by atoms with Crippen LogP contribution in [0.1, 0.15) is 49.2 Å². The highest BCUT2D eigenvalue weighted by Crippen LogP contribution is 2.36. The summed E-state index contributed by atoms with van der Waals surface area (Å²) in [7, 11) is -0.475. The van der Waals surface area contributed by atoms with E-state index in [2.05, 4.69) is 0 Å². The molecule has 0 atom stereocenters. The standard InChI is InChI=1S/C15H22BNO3/c1-9-7-11(8-12(10(9)2)13(17)18)16-19-14(3,4)15(5,6)20-16/h7-8H,1-6H3,(H2,17,18). The van der Waals surface area contributed by atoms with Crippen LogP contribution in [0.25, 0.3) is 0 Å². The lowest BCUT2D eigenvalue weighted by Crippen LogP contribution is -2.41. The smallest absolute Gasteiger partial charge is 0.399 e. The maximum absolute atomic E-state index is 11.5. The Morgan fingerprint density at radius 2 is 1.60 bits per heavy atom. The second-order valence-electron chi connectivity index (χ2n) is 6.46. The van der Waals surface area contributed by atoms with E-state index in [0.717, 1.165) is 16.6 Å². The highest BCUT2D eigenvalue weighted by Gasteiger charge is 2.51. The monoisotopic (exact) mass is 275 g/mol. The minimum Gasteiger partial charge on any atom is -0.399 e. The van der Waals surface area contributed by atoms with Crippen molar-refractivity contribution < 1.29 is 14.1 Å². The summed E-state index contributed by atoms with van der Waals surface area (Å²) in [6.45, 7) is 11.9. The largest absolute Gasteiger partial charge is 0.494 e. The molecular formula is C15H22BNO3. The lowest BCUT2D eigenvalue weighted by Gasteiger charge is -2.32. The first kappa shape index (κ1) is 15.1. The molecule has 0 spiro atoms. The molecule has 1 heterocycles. The molecule has 0 unspecified atom stereocenters. The molecule has 1 aromatic rings. The molecule has 1 saturated heterocycles. The van der Waals surface area contributed by atoms with Crippen molar-refractivity contribution in [2.24, 2.45) is 5.73 Å². The molecule has 0 bridgehead atoms. The summed E-state index contributed by atoms with van der Waals surface area (Å²) in [5.74, 6) is -0.427. The Morgan fingerprint density at radius 3 is 2.05 bits per heavy atom. The van der Waals surface area contributed by atoms with Crippen LogP contribution in [0, 0.1) is 13.8 Å². The van der Waals surface area contributed by atoms with Gasteiger partial charge in [-0.1, -0.05) is 6.07 Å². The fourth-order valence-corrected chi connectivity index (χ4v) is 2.26. The molecule has 0 radical (unpaired) electrons. The summed E-state index contributed by atoms with van der Waals surface area (Å²) in [5.41, 5.74) is 7.90. The third-order valence-electron chi connectivity index (χ3n) is 4.48. The van der Waals surface area contributed by atoms with E-state index in [1.165, 1.54) is 0 Å². The first-order valence-electron chi connectivity index (χ1n) is 6.82. The number of rotatable bonds is 2. The molecule has 1 aromatic carbocycles. The van der Waals surface area contributed by atoms with Gasteiger partial charge in [0.2, 0.25) is 5.91 Å². The van der Waals surface area contributed by atoms with E-state index in [-0.39, 0.29) is 0 Å². The van der Waals surface area contributed by atoms with E-state index in [4.69, 9.17) is 15.0 Å². The fraction of sp³-hybridized carbons (Fsp3) is 0.533. The van der Waals surface area contributed by atoms with Gasteiger partial charge in [0, 0.05) is 5.56 Å². The van der Waals surface area contributed by atoms with Gasteiger partial charge in [0.15, 0.2) is 0 Å². The Balaban J connectivity index is 2.43. The molecule has 0 aromatic heterocycles. The second kappa shape index (κ2) is 4.60. The van der Waals surface area contributed by atoms with E-state index in [1.807, 2.05) is 47.6 Å². The molecule has 2 N–H and O–H groups in total. The van der Waals surface area contributed by atoms with Crippen LogP contribution in [0.4, 0.5) is 0 Å². The van der Waals surface area contributed by atoms with Crippen molar-refractivity contribution in [3.05, 3.63) is 28.8 Å². The first-order chi connectivity index (χ1) is 9.05. The normalized spacial score (nSPS) is 20.2. The van der Waals surface area contributed by atoms with Crippen molar-refractivity contribution in [2.45, 2.75) is 52.7 Å². The number of hydrogen-bond acceptors (Lipinski definition) is 3. The number of hydrogen-bond donors (Lipinski definition) is 1. The summed E-state index contributed by atoms with van der Waals surface area (Å²) in [6.07, 6.45) is 0. The van der Waals surface area contributed by atoms with Gasteiger partial charge in [-0.3, -0.25) is 4.79 Å². The Bertz CT molecular complexity index is 550. The predicted molar refractivity (Wildman–Crippen MR) is 80.1 cm³/mol. The molecule has 2 rings (SSSR count). The molecule has 1 amide bonds. The van der Waals surface area contributed by atoms with Crippen LogP contribution in [0.15, 0.2) is 12.1 Å². The van der Waals surface area contributed by atoms with Gasteiger partial charge < -0.3 is 15.0 Å². The Kier molecular flexibility index (Phi) is 3.47. The number of carbonyl (C=O) groups excluding carboxylic acids is 1. The van der Waals surface area contributed by atoms with E-state index in [1.54, 1.807) is 6.07 Å². The van der Waals surface area contributed by atoms with Crippen LogP contribution in [-0.4, -0.2) is 24.2 Å². The summed E-state index contributed by atoms with van der Waals surface area (Å²) in [4.78, 5) is 11.5. The van der Waals surface area contributed by atoms with Crippen molar-refractivity contribution >= 4 is 18.5 Å². The van der Waals surface area contributed by atoms with Gasteiger partial charge in [0.25, 0.3) is 0 Å². The maximum atomic E-state index is 11.5. The minimum atomic E-state index is -0.475. The van der Waals surface area contributed by atoms with E-state index >= 15 is 0 Å². The van der Waals surface area contributed by atoms with Gasteiger partial charge in [0.1, 0.15) is 0 Å². The SMILES string of the molecule is Cc1cc(B2OC(C)(C)C(C)(C)O2)cc(C(N)=O)c1C. The summed E-state index contributed by atoms with van der Waals surface area (Å²) < 4.78 is 12.0. The zero-order chi connectivity index (χ0) is 15.3. The lowest BCUT2D eigenvalue weighted by molar-refractivity contribution is 0.00578. The van der Waals surface area contributed by atoms with Crippen LogP contribution < -0.4 is 11.2 Å². The molecule has 0 aliphatic carbocycles. The molecule has 4 nitrogen and oxygen atoms in total. The van der Waals surface area contributed by atoms with E-state index in [9.17, 15) is 4.79 Å². The van der Waals surface area contributed by atoms with Crippen molar-refractivity contribution in [3.63, 3.8) is 0 Å². The number of benzene rings is 1. The molecule has 1 fully saturated rings. The number of aryl methyl sites for hydroxylation is 1. The van der Waals surface area contributed by atoms with E-state index < -0.39 is 24.2 Å². The average molecular weight is 275 g/mol. The maximum Gasteiger partial charge on any atom is 0.494 e. The third-order valence-corrected chi connectivity index (χ3v) is 4.48. The quantitative estimate of drug-likeness (QED) is 0.836. The number of nitrogens with two attached hydrogens (primary N) is 1. The summed E-state index contributed by atoms with van der Waals surface area (Å²) in [5, 5.41) is 0. The number of amides is 1. The van der Waals surface area contributed by atoms with Gasteiger partial charge in [-0.15, -0.1) is 0 Å². The molecule has 1 aliphatic heterocycles. The van der Waals surface area contributed by atoms with Gasteiger partial charge in [-0.25, -0.2) is 0 Å². The zero-order valence-corrected chi connectivity index (χ0v) is 13.0. The molecule has 20 heavy (non-hydrogen) atoms. The highest BCUT2D eigenvalue weighted by atomic mass is 16.7. The highest BCUT2D eigenvalue weighted by molar-refractivity contribution is 6.62. The minimum absolute atomic E-state index is 0.399. The number of primary amides is 1. The first-order valence-corrected chi connectivity index (χ1v) is 6.82. The van der Waals surface area contributed by atoms with Crippen LogP contribution in [0.2, 0.25) is 0 Å². The lowest BCUT2D eigenvalue weighted by atomic mass is 9.76. The van der Waals surface area contributed by atoms with Gasteiger partial charge >= 0.3 is 7.12 Å². The second-order valence-corrected chi connectivity index (χ2v) is 6.46. The zero-order valence-electron chi connectivity index (χ0n) is 13.0. The van der Waals surface area contributed by atoms with Crippen LogP contribution >= 0.6 is 0 Å². The van der Waals surface area contributed by atoms with Crippen molar-refractivity contribution in [3.8, 4) is 0 Å². The molecule has 1 aliphatic rings. The van der Waals surface area contributed by atoms with Crippen LogP contribution in [0.3, 0.4) is 0 Å². The topological polar surface area (TPSA) is 61.6 Å². The summed E-state index contributed by atoms with van der Waals surface area (Å²) in [6, 6.07) is 3.76. The van der Waals surface area contributed by atoms with Crippen LogP contribution in [0.5, 0.6) is 0 Å². The van der Waals surface area contributed by atoms with Gasteiger partial charge in [-0.2, -0.15) is 0 Å². The fourth-order valence-electron chi connectivity index (χ4n) is 2.26.